The van der Waals surface area contributed by atoms with Gasteiger partial charge in [-0.15, -0.1) is 0 Å². The third-order valence-corrected chi connectivity index (χ3v) is 5.49. The molecule has 0 spiro atoms. The number of carbonyl (C=O) groups is 1. The normalized spacial score (nSPS) is 16.9. The fourth-order valence-corrected chi connectivity index (χ4v) is 3.87. The van der Waals surface area contributed by atoms with Gasteiger partial charge in [0.2, 0.25) is 17.8 Å². The van der Waals surface area contributed by atoms with E-state index < -0.39 is 5.97 Å². The molecule has 170 valence electrons. The van der Waals surface area contributed by atoms with E-state index in [0.717, 1.165) is 57.4 Å². The van der Waals surface area contributed by atoms with Crippen molar-refractivity contribution in [3.05, 3.63) is 29.8 Å². The van der Waals surface area contributed by atoms with E-state index in [2.05, 4.69) is 30.3 Å². The molecule has 2 aliphatic rings. The zero-order chi connectivity index (χ0) is 22.2. The van der Waals surface area contributed by atoms with Crippen LogP contribution < -0.4 is 20.0 Å². The van der Waals surface area contributed by atoms with Crippen molar-refractivity contribution >= 4 is 30.0 Å². The molecule has 3 heterocycles. The predicted octanol–water partition coefficient (Wildman–Crippen LogP) is 2.76. The van der Waals surface area contributed by atoms with Gasteiger partial charge in [-0.25, -0.2) is 10.2 Å². The van der Waals surface area contributed by atoms with Gasteiger partial charge in [0.05, 0.1) is 6.21 Å². The van der Waals surface area contributed by atoms with E-state index in [1.165, 1.54) is 12.8 Å². The van der Waals surface area contributed by atoms with Crippen molar-refractivity contribution < 1.29 is 14.6 Å². The number of ether oxygens (including phenoxy) is 1. The molecule has 2 aromatic rings. The minimum atomic E-state index is -1.02. The van der Waals surface area contributed by atoms with Gasteiger partial charge in [-0.3, -0.25) is 0 Å². The fourth-order valence-electron chi connectivity index (χ4n) is 3.87. The molecule has 1 aromatic heterocycles. The van der Waals surface area contributed by atoms with Gasteiger partial charge in [0.25, 0.3) is 0 Å². The van der Waals surface area contributed by atoms with Crippen LogP contribution in [0.4, 0.5) is 17.8 Å². The molecule has 2 aliphatic heterocycles. The van der Waals surface area contributed by atoms with Crippen molar-refractivity contribution in [3.8, 4) is 5.75 Å². The van der Waals surface area contributed by atoms with E-state index in [9.17, 15) is 4.79 Å². The highest BCUT2D eigenvalue weighted by Crippen LogP contribution is 2.22. The Bertz CT molecular complexity index is 905. The molecule has 2 fully saturated rings. The molecule has 1 aromatic carbocycles. The minimum absolute atomic E-state index is 0.387. The summed E-state index contributed by atoms with van der Waals surface area (Å²) in [5.41, 5.74) is 3.71. The summed E-state index contributed by atoms with van der Waals surface area (Å²) in [6.45, 7) is 3.43. The van der Waals surface area contributed by atoms with Crippen LogP contribution in [0.15, 0.2) is 29.4 Å². The number of benzene rings is 1. The molecule has 0 unspecified atom stereocenters. The topological polar surface area (TPSA) is 116 Å². The SMILES string of the molecule is O=C(O)COc1cccc(/C=N\Nc2nc(N3CCCCC3)nc(N3CCCCC3)n2)c1. The Morgan fingerprint density at radius 2 is 1.62 bits per heavy atom. The van der Waals surface area contributed by atoms with Crippen molar-refractivity contribution in [2.45, 2.75) is 38.5 Å². The van der Waals surface area contributed by atoms with Gasteiger partial charge in [0, 0.05) is 26.2 Å². The van der Waals surface area contributed by atoms with Gasteiger partial charge in [-0.1, -0.05) is 12.1 Å². The number of nitrogens with one attached hydrogen (secondary N) is 1. The fraction of sp³-hybridized carbons (Fsp3) is 0.500. The zero-order valence-electron chi connectivity index (χ0n) is 18.1. The molecule has 0 saturated carbocycles. The van der Waals surface area contributed by atoms with Crippen LogP contribution in [0.3, 0.4) is 0 Å². The van der Waals surface area contributed by atoms with Crippen LogP contribution in [0.5, 0.6) is 5.75 Å². The van der Waals surface area contributed by atoms with E-state index in [-0.39, 0.29) is 6.61 Å². The summed E-state index contributed by atoms with van der Waals surface area (Å²) in [4.78, 5) is 29.1. The summed E-state index contributed by atoms with van der Waals surface area (Å²) in [5, 5.41) is 13.0. The van der Waals surface area contributed by atoms with Crippen LogP contribution in [-0.4, -0.2) is 65.0 Å². The van der Waals surface area contributed by atoms with Gasteiger partial charge in [0.15, 0.2) is 6.61 Å². The Kier molecular flexibility index (Phi) is 7.31. The lowest BCUT2D eigenvalue weighted by atomic mass is 10.1. The Balaban J connectivity index is 1.49. The molecular formula is C22H29N7O3. The number of hydrazone groups is 1. The lowest BCUT2D eigenvalue weighted by molar-refractivity contribution is -0.139. The van der Waals surface area contributed by atoms with Gasteiger partial charge in [-0.2, -0.15) is 20.1 Å². The first-order valence-corrected chi connectivity index (χ1v) is 11.2. The molecule has 32 heavy (non-hydrogen) atoms. The standard InChI is InChI=1S/C22H29N7O3/c30-19(31)16-32-18-9-7-8-17(14-18)15-23-27-20-24-21(28-10-3-1-4-11-28)26-22(25-20)29-12-5-2-6-13-29/h7-9,14-15H,1-6,10-13,16H2,(H,30,31)(H,24,25,26,27)/b23-15-. The number of carboxylic acid groups (broad SMARTS) is 1. The molecular weight excluding hydrogens is 410 g/mol. The number of rotatable bonds is 8. The number of nitrogens with zero attached hydrogens (tertiary/aromatic N) is 6. The molecule has 0 aliphatic carbocycles. The van der Waals surface area contributed by atoms with Crippen molar-refractivity contribution in [1.29, 1.82) is 0 Å². The van der Waals surface area contributed by atoms with Crippen molar-refractivity contribution in [1.82, 2.24) is 15.0 Å². The van der Waals surface area contributed by atoms with Crippen LogP contribution in [0.1, 0.15) is 44.1 Å². The molecule has 2 N–H and O–H groups in total. The van der Waals surface area contributed by atoms with Crippen molar-refractivity contribution in [2.24, 2.45) is 5.10 Å². The quantitative estimate of drug-likeness (QED) is 0.473. The van der Waals surface area contributed by atoms with Crippen LogP contribution >= 0.6 is 0 Å². The first kappa shape index (κ1) is 21.8. The molecule has 0 atom stereocenters. The first-order valence-electron chi connectivity index (χ1n) is 11.2. The van der Waals surface area contributed by atoms with E-state index in [1.807, 2.05) is 6.07 Å². The Labute approximate surface area is 187 Å². The highest BCUT2D eigenvalue weighted by Gasteiger charge is 2.20. The van der Waals surface area contributed by atoms with Crippen molar-refractivity contribution in [2.75, 3.05) is 48.0 Å². The molecule has 2 saturated heterocycles. The maximum Gasteiger partial charge on any atom is 0.341 e. The minimum Gasteiger partial charge on any atom is -0.482 e. The highest BCUT2D eigenvalue weighted by atomic mass is 16.5. The summed E-state index contributed by atoms with van der Waals surface area (Å²) in [6, 6.07) is 7.06. The summed E-state index contributed by atoms with van der Waals surface area (Å²) in [6.07, 6.45) is 8.69. The number of aromatic nitrogens is 3. The van der Waals surface area contributed by atoms with E-state index in [1.54, 1.807) is 24.4 Å². The average Bonchev–Trinajstić information content (AvgIpc) is 2.84. The second-order valence-electron chi connectivity index (χ2n) is 7.98. The van der Waals surface area contributed by atoms with Crippen LogP contribution in [0.2, 0.25) is 0 Å². The first-order chi connectivity index (χ1) is 15.7. The molecule has 0 bridgehead atoms. The second-order valence-corrected chi connectivity index (χ2v) is 7.98. The largest absolute Gasteiger partial charge is 0.482 e. The van der Waals surface area contributed by atoms with Crippen LogP contribution in [-0.2, 0) is 4.79 Å². The van der Waals surface area contributed by atoms with Gasteiger partial charge in [-0.05, 0) is 56.2 Å². The second kappa shape index (κ2) is 10.7. The number of piperidine rings is 2. The van der Waals surface area contributed by atoms with Gasteiger partial charge in [0.1, 0.15) is 5.75 Å². The highest BCUT2D eigenvalue weighted by molar-refractivity contribution is 5.80. The third-order valence-electron chi connectivity index (χ3n) is 5.49. The number of carboxylic acids is 1. The summed E-state index contributed by atoms with van der Waals surface area (Å²) in [5.74, 6) is 1.26. The Morgan fingerprint density at radius 1 is 1.00 bits per heavy atom. The molecule has 10 heteroatoms. The summed E-state index contributed by atoms with van der Waals surface area (Å²) < 4.78 is 5.21. The molecule has 4 rings (SSSR count). The molecule has 0 amide bonds. The smallest absolute Gasteiger partial charge is 0.341 e. The maximum atomic E-state index is 10.7. The third kappa shape index (κ3) is 6.05. The van der Waals surface area contributed by atoms with E-state index in [4.69, 9.17) is 14.8 Å². The number of hydrogen-bond acceptors (Lipinski definition) is 9. The number of aliphatic carboxylic acids is 1. The number of hydrogen-bond donors (Lipinski definition) is 2. The monoisotopic (exact) mass is 439 g/mol. The van der Waals surface area contributed by atoms with E-state index >= 15 is 0 Å². The Morgan fingerprint density at radius 3 is 2.22 bits per heavy atom. The average molecular weight is 440 g/mol. The summed E-state index contributed by atoms with van der Waals surface area (Å²) >= 11 is 0. The van der Waals surface area contributed by atoms with Gasteiger partial charge >= 0.3 is 5.97 Å². The van der Waals surface area contributed by atoms with Crippen molar-refractivity contribution in [3.63, 3.8) is 0 Å². The molecule has 0 radical (unpaired) electrons. The van der Waals surface area contributed by atoms with Crippen LogP contribution in [0, 0.1) is 0 Å². The Hall–Kier alpha value is -3.43. The predicted molar refractivity (Wildman–Crippen MR) is 123 cm³/mol. The maximum absolute atomic E-state index is 10.7. The lowest BCUT2D eigenvalue weighted by Crippen LogP contribution is -2.34. The molecule has 10 nitrogen and oxygen atoms in total. The van der Waals surface area contributed by atoms with Gasteiger partial charge < -0.3 is 19.6 Å². The van der Waals surface area contributed by atoms with Crippen LogP contribution in [0.25, 0.3) is 0 Å². The lowest BCUT2D eigenvalue weighted by Gasteiger charge is -2.30. The van der Waals surface area contributed by atoms with E-state index in [0.29, 0.717) is 23.6 Å². The summed E-state index contributed by atoms with van der Waals surface area (Å²) in [7, 11) is 0. The zero-order valence-corrected chi connectivity index (χ0v) is 18.1. The number of anilines is 3.